The van der Waals surface area contributed by atoms with Crippen LogP contribution in [0.2, 0.25) is 12.1 Å². The van der Waals surface area contributed by atoms with Crippen LogP contribution in [-0.2, 0) is 33.1 Å². The van der Waals surface area contributed by atoms with E-state index in [2.05, 4.69) is 15.0 Å². The van der Waals surface area contributed by atoms with Crippen LogP contribution < -0.4 is 0 Å². The predicted octanol–water partition coefficient (Wildman–Crippen LogP) is 2.68. The fraction of sp³-hybridized carbons (Fsp3) is 0.900. The Morgan fingerprint density at radius 1 is 0.750 bits per heavy atom. The lowest BCUT2D eigenvalue weighted by molar-refractivity contribution is 0.0698. The second-order valence-corrected chi connectivity index (χ2v) is 13.2. The molecule has 0 spiro atoms. The molecule has 12 heteroatoms. The fourth-order valence-electron chi connectivity index (χ4n) is 3.74. The van der Waals surface area contributed by atoms with E-state index in [1.54, 1.807) is 34.0 Å². The van der Waals surface area contributed by atoms with Crippen molar-refractivity contribution in [3.8, 4) is 0 Å². The maximum atomic E-state index is 6.01. The molecular weight excluding hydrogens is 448 g/mol. The van der Waals surface area contributed by atoms with Crippen LogP contribution in [0.15, 0.2) is 12.7 Å². The third kappa shape index (κ3) is 10.5. The maximum absolute atomic E-state index is 6.01. The standard InChI is InChI=1S/C20H44N4O6Si2/c1-7-28-32(29-8-2,30-9-3)18-12-15-23(13-10-16-24-20-21-19-22-24)14-11-17-31(25-4,26-5)27-6/h19-20H,7-18H2,1-6H3. The van der Waals surface area contributed by atoms with E-state index in [-0.39, 0.29) is 0 Å². The van der Waals surface area contributed by atoms with Gasteiger partial charge in [-0.1, -0.05) is 0 Å². The molecule has 0 bridgehead atoms. The average Bonchev–Trinajstić information content (AvgIpc) is 3.31. The van der Waals surface area contributed by atoms with Crippen molar-refractivity contribution in [1.29, 1.82) is 0 Å². The molecule has 0 amide bonds. The molecular formula is C20H44N4O6Si2. The van der Waals surface area contributed by atoms with Crippen molar-refractivity contribution in [2.45, 2.75) is 58.7 Å². The first kappa shape index (κ1) is 29.3. The molecule has 0 aliphatic rings. The maximum Gasteiger partial charge on any atom is 0.500 e. The molecule has 1 rings (SSSR count). The lowest BCUT2D eigenvalue weighted by Crippen LogP contribution is -2.46. The minimum atomic E-state index is -2.62. The van der Waals surface area contributed by atoms with Crippen LogP contribution in [0.3, 0.4) is 0 Å². The van der Waals surface area contributed by atoms with Crippen molar-refractivity contribution >= 4 is 17.6 Å². The molecule has 0 radical (unpaired) electrons. The Balaban J connectivity index is 2.65. The largest absolute Gasteiger partial charge is 0.500 e. The Morgan fingerprint density at radius 3 is 1.69 bits per heavy atom. The highest BCUT2D eigenvalue weighted by atomic mass is 28.4. The van der Waals surface area contributed by atoms with Crippen LogP contribution in [0.4, 0.5) is 0 Å². The van der Waals surface area contributed by atoms with E-state index < -0.39 is 17.6 Å². The Morgan fingerprint density at radius 2 is 1.25 bits per heavy atom. The Kier molecular flexibility index (Phi) is 15.4. The number of rotatable bonds is 21. The summed E-state index contributed by atoms with van der Waals surface area (Å²) in [4.78, 5) is 6.49. The van der Waals surface area contributed by atoms with E-state index in [1.807, 2.05) is 25.5 Å². The topological polar surface area (TPSA) is 89.3 Å². The van der Waals surface area contributed by atoms with Gasteiger partial charge in [0.1, 0.15) is 12.7 Å². The SMILES string of the molecule is CCO[Si](CCCN(CCCn1cncn1)CCC[Si](OC)(OC)OC)(OCC)OCC. The van der Waals surface area contributed by atoms with Crippen LogP contribution >= 0.6 is 0 Å². The van der Waals surface area contributed by atoms with Crippen LogP contribution in [-0.4, -0.2) is 98.1 Å². The van der Waals surface area contributed by atoms with Gasteiger partial charge in [-0.2, -0.15) is 5.10 Å². The molecule has 32 heavy (non-hydrogen) atoms. The molecule has 0 aliphatic heterocycles. The van der Waals surface area contributed by atoms with Gasteiger partial charge in [0.2, 0.25) is 0 Å². The second kappa shape index (κ2) is 16.8. The minimum Gasteiger partial charge on any atom is -0.377 e. The second-order valence-electron chi connectivity index (χ2n) is 7.34. The molecule has 0 unspecified atom stereocenters. The zero-order valence-corrected chi connectivity index (χ0v) is 22.9. The van der Waals surface area contributed by atoms with Gasteiger partial charge in [0, 0.05) is 59.8 Å². The molecule has 10 nitrogen and oxygen atoms in total. The van der Waals surface area contributed by atoms with E-state index in [4.69, 9.17) is 26.6 Å². The zero-order chi connectivity index (χ0) is 23.7. The Bertz CT molecular complexity index is 541. The molecule has 0 aliphatic carbocycles. The molecule has 0 saturated carbocycles. The molecule has 0 atom stereocenters. The Hall–Kier alpha value is -0.706. The van der Waals surface area contributed by atoms with Crippen LogP contribution in [0, 0.1) is 0 Å². The first-order chi connectivity index (χ1) is 15.5. The van der Waals surface area contributed by atoms with Crippen molar-refractivity contribution in [3.05, 3.63) is 12.7 Å². The molecule has 1 aromatic heterocycles. The molecule has 0 N–H and O–H groups in total. The van der Waals surface area contributed by atoms with Crippen molar-refractivity contribution in [3.63, 3.8) is 0 Å². The number of aromatic nitrogens is 3. The highest BCUT2D eigenvalue weighted by Gasteiger charge is 2.40. The highest BCUT2D eigenvalue weighted by Crippen LogP contribution is 2.20. The van der Waals surface area contributed by atoms with Crippen molar-refractivity contribution in [2.75, 3.05) is 60.8 Å². The van der Waals surface area contributed by atoms with Gasteiger partial charge in [0.25, 0.3) is 0 Å². The van der Waals surface area contributed by atoms with Crippen LogP contribution in [0.5, 0.6) is 0 Å². The summed E-state index contributed by atoms with van der Waals surface area (Å²) in [5, 5.41) is 4.20. The van der Waals surface area contributed by atoms with Gasteiger partial charge in [0.05, 0.1) is 0 Å². The van der Waals surface area contributed by atoms with Gasteiger partial charge >= 0.3 is 17.6 Å². The summed E-state index contributed by atoms with van der Waals surface area (Å²) >= 11 is 0. The van der Waals surface area contributed by atoms with E-state index >= 15 is 0 Å². The van der Waals surface area contributed by atoms with Gasteiger partial charge in [-0.15, -0.1) is 0 Å². The summed E-state index contributed by atoms with van der Waals surface area (Å²) in [5.74, 6) is 0. The van der Waals surface area contributed by atoms with Crippen LogP contribution in [0.25, 0.3) is 0 Å². The Labute approximate surface area is 196 Å². The molecule has 0 fully saturated rings. The first-order valence-electron chi connectivity index (χ1n) is 11.6. The van der Waals surface area contributed by atoms with Gasteiger partial charge in [-0.3, -0.25) is 4.68 Å². The average molecular weight is 493 g/mol. The summed E-state index contributed by atoms with van der Waals surface area (Å²) in [6.07, 6.45) is 6.22. The zero-order valence-electron chi connectivity index (χ0n) is 20.9. The first-order valence-corrected chi connectivity index (χ1v) is 15.5. The third-order valence-electron chi connectivity index (χ3n) is 5.27. The van der Waals surface area contributed by atoms with Crippen molar-refractivity contribution in [1.82, 2.24) is 19.7 Å². The summed E-state index contributed by atoms with van der Waals surface area (Å²) in [6, 6.07) is 1.60. The van der Waals surface area contributed by atoms with Gasteiger partial charge < -0.3 is 31.5 Å². The summed E-state index contributed by atoms with van der Waals surface area (Å²) < 4.78 is 36.6. The number of hydrogen-bond acceptors (Lipinski definition) is 9. The number of nitrogens with zero attached hydrogens (tertiary/aromatic N) is 4. The monoisotopic (exact) mass is 492 g/mol. The predicted molar refractivity (Wildman–Crippen MR) is 127 cm³/mol. The van der Waals surface area contributed by atoms with Gasteiger partial charge in [0.15, 0.2) is 0 Å². The van der Waals surface area contributed by atoms with Gasteiger partial charge in [-0.05, 0) is 59.7 Å². The quantitative estimate of drug-likeness (QED) is 0.240. The van der Waals surface area contributed by atoms with E-state index in [1.165, 1.54) is 0 Å². The summed E-state index contributed by atoms with van der Waals surface area (Å²) in [5.41, 5.74) is 0. The normalized spacial score (nSPS) is 12.7. The van der Waals surface area contributed by atoms with Crippen LogP contribution in [0.1, 0.15) is 40.0 Å². The summed E-state index contributed by atoms with van der Waals surface area (Å²) in [7, 11) is -0.189. The van der Waals surface area contributed by atoms with Crippen molar-refractivity contribution in [2.24, 2.45) is 0 Å². The number of aryl methyl sites for hydroxylation is 1. The number of hydrogen-bond donors (Lipinski definition) is 0. The minimum absolute atomic E-state index is 0.603. The molecule has 0 aromatic carbocycles. The molecule has 1 aromatic rings. The molecule has 1 heterocycles. The third-order valence-corrected chi connectivity index (χ3v) is 11.3. The smallest absolute Gasteiger partial charge is 0.377 e. The molecule has 0 saturated heterocycles. The lowest BCUT2D eigenvalue weighted by atomic mass is 10.3. The highest BCUT2D eigenvalue weighted by molar-refractivity contribution is 6.61. The summed E-state index contributed by atoms with van der Waals surface area (Å²) in [6.45, 7) is 11.5. The lowest BCUT2D eigenvalue weighted by Gasteiger charge is -2.30. The van der Waals surface area contributed by atoms with Crippen molar-refractivity contribution < 1.29 is 26.6 Å². The van der Waals surface area contributed by atoms with E-state index in [0.29, 0.717) is 19.8 Å². The van der Waals surface area contributed by atoms with E-state index in [9.17, 15) is 0 Å². The van der Waals surface area contributed by atoms with E-state index in [0.717, 1.165) is 57.5 Å². The van der Waals surface area contributed by atoms with Gasteiger partial charge in [-0.25, -0.2) is 4.98 Å². The fourth-order valence-corrected chi connectivity index (χ4v) is 8.03. The molecule has 188 valence electrons.